The van der Waals surface area contributed by atoms with Gasteiger partial charge in [-0.25, -0.2) is 9.18 Å². The Balaban J connectivity index is 2.23. The van der Waals surface area contributed by atoms with Crippen LogP contribution >= 0.6 is 0 Å². The molecule has 0 amide bonds. The molecule has 0 aromatic heterocycles. The minimum absolute atomic E-state index is 0.0438. The van der Waals surface area contributed by atoms with E-state index < -0.39 is 5.97 Å². The summed E-state index contributed by atoms with van der Waals surface area (Å²) < 4.78 is 13.6. The molecule has 0 saturated carbocycles. The molecule has 1 unspecified atom stereocenters. The van der Waals surface area contributed by atoms with Crippen molar-refractivity contribution >= 4 is 17.3 Å². The lowest BCUT2D eigenvalue weighted by Gasteiger charge is -2.17. The third-order valence-corrected chi connectivity index (χ3v) is 3.36. The second-order valence-corrected chi connectivity index (χ2v) is 4.98. The summed E-state index contributed by atoms with van der Waals surface area (Å²) in [7, 11) is 0. The number of aryl methyl sites for hydroxylation is 1. The average Bonchev–Trinajstić information content (AvgIpc) is 2.43. The molecule has 110 valence electrons. The number of halogens is 1. The summed E-state index contributed by atoms with van der Waals surface area (Å²) in [6.07, 6.45) is 0. The van der Waals surface area contributed by atoms with E-state index in [2.05, 4.69) is 5.32 Å². The molecule has 0 aliphatic heterocycles. The number of aromatic carboxylic acids is 1. The van der Waals surface area contributed by atoms with Crippen molar-refractivity contribution in [2.75, 3.05) is 11.1 Å². The van der Waals surface area contributed by atoms with Crippen molar-refractivity contribution in [3.63, 3.8) is 0 Å². The maximum Gasteiger partial charge on any atom is 0.337 e. The van der Waals surface area contributed by atoms with Crippen LogP contribution in [-0.4, -0.2) is 11.1 Å². The van der Waals surface area contributed by atoms with Crippen LogP contribution in [0.5, 0.6) is 0 Å². The zero-order chi connectivity index (χ0) is 15.6. The smallest absolute Gasteiger partial charge is 0.337 e. The molecule has 0 radical (unpaired) electrons. The number of hydrogen-bond donors (Lipinski definition) is 3. The Morgan fingerprint density at radius 1 is 1.29 bits per heavy atom. The van der Waals surface area contributed by atoms with E-state index in [1.807, 2.05) is 13.0 Å². The fraction of sp³-hybridized carbons (Fsp3) is 0.188. The molecular weight excluding hydrogens is 271 g/mol. The third-order valence-electron chi connectivity index (χ3n) is 3.36. The van der Waals surface area contributed by atoms with Crippen LogP contribution in [0.3, 0.4) is 0 Å². The molecule has 0 saturated heterocycles. The number of carboxylic acids is 1. The molecule has 4 nitrogen and oxygen atoms in total. The summed E-state index contributed by atoms with van der Waals surface area (Å²) in [6, 6.07) is 9.57. The largest absolute Gasteiger partial charge is 0.478 e. The van der Waals surface area contributed by atoms with Gasteiger partial charge in [0.25, 0.3) is 0 Å². The fourth-order valence-corrected chi connectivity index (χ4v) is 2.04. The zero-order valence-electron chi connectivity index (χ0n) is 11.9. The average molecular weight is 288 g/mol. The fourth-order valence-electron chi connectivity index (χ4n) is 2.04. The highest BCUT2D eigenvalue weighted by Gasteiger charge is 2.11. The Kier molecular flexibility index (Phi) is 4.12. The quantitative estimate of drug-likeness (QED) is 0.752. The maximum atomic E-state index is 13.6. The van der Waals surface area contributed by atoms with Gasteiger partial charge < -0.3 is 16.2 Å². The molecule has 5 heteroatoms. The van der Waals surface area contributed by atoms with Crippen LogP contribution in [0.25, 0.3) is 0 Å². The Bertz CT molecular complexity index is 686. The molecule has 2 rings (SSSR count). The van der Waals surface area contributed by atoms with Crippen LogP contribution in [0.1, 0.15) is 34.5 Å². The first-order valence-electron chi connectivity index (χ1n) is 6.54. The highest BCUT2D eigenvalue weighted by Crippen LogP contribution is 2.24. The van der Waals surface area contributed by atoms with Crippen molar-refractivity contribution in [2.24, 2.45) is 0 Å². The number of nitrogens with one attached hydrogen (secondary N) is 1. The van der Waals surface area contributed by atoms with Crippen LogP contribution in [0.2, 0.25) is 0 Å². The van der Waals surface area contributed by atoms with E-state index in [1.165, 1.54) is 18.2 Å². The Morgan fingerprint density at radius 3 is 2.62 bits per heavy atom. The van der Waals surface area contributed by atoms with Crippen LogP contribution in [0.4, 0.5) is 15.8 Å². The lowest BCUT2D eigenvalue weighted by molar-refractivity contribution is 0.0698. The molecule has 0 bridgehead atoms. The van der Waals surface area contributed by atoms with Crippen molar-refractivity contribution in [1.82, 2.24) is 0 Å². The minimum atomic E-state index is -1.08. The number of carboxylic acid groups (broad SMARTS) is 1. The number of nitrogens with two attached hydrogens (primary N) is 1. The molecule has 0 heterocycles. The van der Waals surface area contributed by atoms with Gasteiger partial charge in [-0.1, -0.05) is 12.1 Å². The van der Waals surface area contributed by atoms with E-state index in [-0.39, 0.29) is 23.1 Å². The van der Waals surface area contributed by atoms with Crippen LogP contribution in [0.15, 0.2) is 36.4 Å². The van der Waals surface area contributed by atoms with Gasteiger partial charge in [-0.2, -0.15) is 0 Å². The molecule has 4 N–H and O–H groups in total. The number of nitrogen functional groups attached to an aromatic ring is 1. The van der Waals surface area contributed by atoms with Gasteiger partial charge in [0.15, 0.2) is 0 Å². The molecule has 2 aromatic rings. The Morgan fingerprint density at radius 2 is 2.00 bits per heavy atom. The molecule has 0 aliphatic carbocycles. The monoisotopic (exact) mass is 288 g/mol. The maximum absolute atomic E-state index is 13.6. The summed E-state index contributed by atoms with van der Waals surface area (Å²) in [6.45, 7) is 3.58. The van der Waals surface area contributed by atoms with Crippen LogP contribution in [0, 0.1) is 12.7 Å². The van der Waals surface area contributed by atoms with Gasteiger partial charge >= 0.3 is 5.97 Å². The van der Waals surface area contributed by atoms with Crippen molar-refractivity contribution in [2.45, 2.75) is 19.9 Å². The predicted octanol–water partition coefficient (Wildman–Crippen LogP) is 3.59. The standard InChI is InChI=1S/C16H17FN2O2/c1-9-3-4-11(7-14(9)17)10(2)19-12-5-6-15(18)13(8-12)16(20)21/h3-8,10,19H,18H2,1-2H3,(H,20,21). The van der Waals surface area contributed by atoms with Gasteiger partial charge in [0.1, 0.15) is 5.82 Å². The number of carbonyl (C=O) groups is 1. The highest BCUT2D eigenvalue weighted by atomic mass is 19.1. The Hall–Kier alpha value is -2.56. The van der Waals surface area contributed by atoms with E-state index in [9.17, 15) is 9.18 Å². The first-order valence-corrected chi connectivity index (χ1v) is 6.54. The number of benzene rings is 2. The summed E-state index contributed by atoms with van der Waals surface area (Å²) in [5.74, 6) is -1.34. The second kappa shape index (κ2) is 5.83. The van der Waals surface area contributed by atoms with E-state index in [0.29, 0.717) is 11.3 Å². The summed E-state index contributed by atoms with van der Waals surface area (Å²) in [5.41, 5.74) is 7.86. The second-order valence-electron chi connectivity index (χ2n) is 4.98. The van der Waals surface area contributed by atoms with Gasteiger partial charge in [0.2, 0.25) is 0 Å². The first kappa shape index (κ1) is 14.8. The van der Waals surface area contributed by atoms with Crippen molar-refractivity contribution in [3.8, 4) is 0 Å². The molecule has 21 heavy (non-hydrogen) atoms. The molecule has 1 atom stereocenters. The van der Waals surface area contributed by atoms with Crippen molar-refractivity contribution in [1.29, 1.82) is 0 Å². The summed E-state index contributed by atoms with van der Waals surface area (Å²) >= 11 is 0. The zero-order valence-corrected chi connectivity index (χ0v) is 11.9. The normalized spacial score (nSPS) is 12.0. The minimum Gasteiger partial charge on any atom is -0.478 e. The highest BCUT2D eigenvalue weighted by molar-refractivity contribution is 5.94. The molecule has 0 fully saturated rings. The lowest BCUT2D eigenvalue weighted by Crippen LogP contribution is -2.09. The van der Waals surface area contributed by atoms with Gasteiger partial charge in [0, 0.05) is 17.4 Å². The van der Waals surface area contributed by atoms with E-state index in [1.54, 1.807) is 19.1 Å². The summed E-state index contributed by atoms with van der Waals surface area (Å²) in [4.78, 5) is 11.1. The van der Waals surface area contributed by atoms with E-state index >= 15 is 0 Å². The topological polar surface area (TPSA) is 75.3 Å². The molecule has 0 spiro atoms. The number of hydrogen-bond acceptors (Lipinski definition) is 3. The SMILES string of the molecule is Cc1ccc(C(C)Nc2ccc(N)c(C(=O)O)c2)cc1F. The molecular formula is C16H17FN2O2. The van der Waals surface area contributed by atoms with Crippen molar-refractivity contribution < 1.29 is 14.3 Å². The van der Waals surface area contributed by atoms with Gasteiger partial charge in [0.05, 0.1) is 5.56 Å². The van der Waals surface area contributed by atoms with Gasteiger partial charge in [-0.15, -0.1) is 0 Å². The third kappa shape index (κ3) is 3.31. The van der Waals surface area contributed by atoms with E-state index in [4.69, 9.17) is 10.8 Å². The van der Waals surface area contributed by atoms with Crippen molar-refractivity contribution in [3.05, 3.63) is 58.9 Å². The number of rotatable bonds is 4. The first-order chi connectivity index (χ1) is 9.88. The van der Waals surface area contributed by atoms with E-state index in [0.717, 1.165) is 5.56 Å². The van der Waals surface area contributed by atoms with Crippen LogP contribution < -0.4 is 11.1 Å². The molecule has 0 aliphatic rings. The lowest BCUT2D eigenvalue weighted by atomic mass is 10.1. The number of anilines is 2. The Labute approximate surface area is 122 Å². The van der Waals surface area contributed by atoms with Gasteiger partial charge in [-0.3, -0.25) is 0 Å². The predicted molar refractivity (Wildman–Crippen MR) is 81.0 cm³/mol. The van der Waals surface area contributed by atoms with Crippen LogP contribution in [-0.2, 0) is 0 Å². The molecule has 2 aromatic carbocycles. The van der Waals surface area contributed by atoms with Gasteiger partial charge in [-0.05, 0) is 49.2 Å². The summed E-state index contributed by atoms with van der Waals surface area (Å²) in [5, 5.41) is 12.2.